The number of ether oxygens (including phenoxy) is 1. The van der Waals surface area contributed by atoms with Gasteiger partial charge in [-0.3, -0.25) is 4.90 Å². The van der Waals surface area contributed by atoms with Crippen LogP contribution in [-0.4, -0.2) is 46.6 Å². The molecule has 1 fully saturated rings. The van der Waals surface area contributed by atoms with Gasteiger partial charge in [-0.1, -0.05) is 6.07 Å². The van der Waals surface area contributed by atoms with Crippen LogP contribution < -0.4 is 5.32 Å². The summed E-state index contributed by atoms with van der Waals surface area (Å²) in [6, 6.07) is 10.7. The molecule has 2 aromatic heterocycles. The summed E-state index contributed by atoms with van der Waals surface area (Å²) in [4.78, 5) is 14.6. The van der Waals surface area contributed by atoms with Crippen LogP contribution in [0.25, 0.3) is 10.9 Å². The molecule has 0 saturated carbocycles. The van der Waals surface area contributed by atoms with Crippen molar-refractivity contribution in [3.05, 3.63) is 53.6 Å². The normalized spacial score (nSPS) is 18.6. The Labute approximate surface area is 147 Å². The van der Waals surface area contributed by atoms with E-state index in [1.807, 2.05) is 26.2 Å². The highest BCUT2D eigenvalue weighted by Crippen LogP contribution is 2.24. The fraction of sp³-hybridized carbons (Fsp3) is 0.368. The van der Waals surface area contributed by atoms with Gasteiger partial charge in [0.15, 0.2) is 0 Å². The molecule has 1 aliphatic rings. The zero-order valence-electron chi connectivity index (χ0n) is 14.6. The zero-order chi connectivity index (χ0) is 17.2. The maximum absolute atomic E-state index is 5.98. The lowest BCUT2D eigenvalue weighted by Crippen LogP contribution is -2.38. The van der Waals surface area contributed by atoms with Gasteiger partial charge < -0.3 is 15.0 Å². The second kappa shape index (κ2) is 6.82. The van der Waals surface area contributed by atoms with Gasteiger partial charge in [-0.05, 0) is 36.1 Å². The number of hydrogen-bond acceptors (Lipinski definition) is 5. The van der Waals surface area contributed by atoms with Gasteiger partial charge in [-0.15, -0.1) is 0 Å². The van der Waals surface area contributed by atoms with E-state index in [1.54, 1.807) is 0 Å². The van der Waals surface area contributed by atoms with Gasteiger partial charge in [0.1, 0.15) is 17.7 Å². The molecule has 130 valence electrons. The minimum atomic E-state index is -0.0152. The van der Waals surface area contributed by atoms with E-state index in [0.29, 0.717) is 0 Å². The molecule has 1 atom stereocenters. The van der Waals surface area contributed by atoms with Crippen molar-refractivity contribution < 1.29 is 4.74 Å². The Balaban J connectivity index is 1.49. The molecule has 3 heterocycles. The van der Waals surface area contributed by atoms with Gasteiger partial charge in [0.2, 0.25) is 0 Å². The molecule has 6 nitrogen and oxygen atoms in total. The third-order valence-electron chi connectivity index (χ3n) is 4.62. The van der Waals surface area contributed by atoms with Crippen LogP contribution in [0.1, 0.15) is 23.2 Å². The molecular formula is C19H23N5O. The molecule has 2 N–H and O–H groups in total. The molecule has 0 spiro atoms. The SMILES string of the molecule is CNc1cc([C@H]2CN(Cc3ccc4[nH]ccc4c3)CCO2)nc(C)n1. The number of fused-ring (bicyclic) bond motifs is 1. The standard InChI is InChI=1S/C19H23N5O/c1-13-22-17(10-19(20-2)23-13)18-12-24(7-8-25-18)11-14-3-4-16-15(9-14)5-6-21-16/h3-6,9-10,18,21H,7-8,11-12H2,1-2H3,(H,20,22,23)/t18-/m1/s1. The van der Waals surface area contributed by atoms with E-state index in [-0.39, 0.29) is 6.10 Å². The predicted octanol–water partition coefficient (Wildman–Crippen LogP) is 2.88. The number of nitrogens with zero attached hydrogens (tertiary/aromatic N) is 3. The first-order valence-corrected chi connectivity index (χ1v) is 8.64. The molecule has 4 rings (SSSR count). The fourth-order valence-electron chi connectivity index (χ4n) is 3.37. The van der Waals surface area contributed by atoms with Gasteiger partial charge in [-0.2, -0.15) is 0 Å². The van der Waals surface area contributed by atoms with E-state index in [4.69, 9.17) is 4.74 Å². The van der Waals surface area contributed by atoms with E-state index < -0.39 is 0 Å². The van der Waals surface area contributed by atoms with E-state index in [2.05, 4.69) is 49.4 Å². The lowest BCUT2D eigenvalue weighted by atomic mass is 10.1. The summed E-state index contributed by atoms with van der Waals surface area (Å²) < 4.78 is 5.98. The summed E-state index contributed by atoms with van der Waals surface area (Å²) in [5, 5.41) is 4.35. The minimum Gasteiger partial charge on any atom is -0.373 e. The number of hydrogen-bond donors (Lipinski definition) is 2. The summed E-state index contributed by atoms with van der Waals surface area (Å²) >= 11 is 0. The fourth-order valence-corrected chi connectivity index (χ4v) is 3.37. The Morgan fingerprint density at radius 3 is 3.08 bits per heavy atom. The Morgan fingerprint density at radius 1 is 1.28 bits per heavy atom. The molecule has 0 amide bonds. The first-order chi connectivity index (χ1) is 12.2. The van der Waals surface area contributed by atoms with Crippen molar-refractivity contribution in [3.8, 4) is 0 Å². The Kier molecular flexibility index (Phi) is 4.38. The van der Waals surface area contributed by atoms with Crippen molar-refractivity contribution in [2.45, 2.75) is 19.6 Å². The van der Waals surface area contributed by atoms with Crippen molar-refractivity contribution >= 4 is 16.7 Å². The van der Waals surface area contributed by atoms with Crippen LogP contribution in [0.3, 0.4) is 0 Å². The van der Waals surface area contributed by atoms with Crippen LogP contribution in [0.2, 0.25) is 0 Å². The summed E-state index contributed by atoms with van der Waals surface area (Å²) in [5.74, 6) is 1.60. The van der Waals surface area contributed by atoms with Gasteiger partial charge >= 0.3 is 0 Å². The zero-order valence-corrected chi connectivity index (χ0v) is 14.6. The third kappa shape index (κ3) is 3.50. The van der Waals surface area contributed by atoms with Crippen LogP contribution >= 0.6 is 0 Å². The Morgan fingerprint density at radius 2 is 2.20 bits per heavy atom. The number of aryl methyl sites for hydroxylation is 1. The quantitative estimate of drug-likeness (QED) is 0.766. The first kappa shape index (κ1) is 16.1. The highest BCUT2D eigenvalue weighted by molar-refractivity contribution is 5.79. The number of H-pyrrole nitrogens is 1. The summed E-state index contributed by atoms with van der Waals surface area (Å²) in [5.41, 5.74) is 3.45. The van der Waals surface area contributed by atoms with E-state index in [1.165, 1.54) is 16.5 Å². The molecule has 3 aromatic rings. The van der Waals surface area contributed by atoms with Crippen LogP contribution in [0.5, 0.6) is 0 Å². The molecule has 0 unspecified atom stereocenters. The first-order valence-electron chi connectivity index (χ1n) is 8.64. The number of benzene rings is 1. The number of aromatic amines is 1. The van der Waals surface area contributed by atoms with Crippen molar-refractivity contribution in [1.82, 2.24) is 19.9 Å². The largest absolute Gasteiger partial charge is 0.373 e. The van der Waals surface area contributed by atoms with Gasteiger partial charge in [0.25, 0.3) is 0 Å². The average molecular weight is 337 g/mol. The number of aromatic nitrogens is 3. The average Bonchev–Trinajstić information content (AvgIpc) is 3.09. The van der Waals surface area contributed by atoms with Crippen molar-refractivity contribution in [2.24, 2.45) is 0 Å². The smallest absolute Gasteiger partial charge is 0.129 e. The molecule has 0 aliphatic carbocycles. The number of morpholine rings is 1. The highest BCUT2D eigenvalue weighted by atomic mass is 16.5. The number of anilines is 1. The van der Waals surface area contributed by atoms with Crippen LogP contribution in [0.4, 0.5) is 5.82 Å². The maximum Gasteiger partial charge on any atom is 0.129 e. The molecule has 1 aliphatic heterocycles. The van der Waals surface area contributed by atoms with Gasteiger partial charge in [-0.25, -0.2) is 9.97 Å². The summed E-state index contributed by atoms with van der Waals surface area (Å²) in [6.07, 6.45) is 1.97. The number of rotatable bonds is 4. The van der Waals surface area contributed by atoms with Gasteiger partial charge in [0, 0.05) is 44.5 Å². The van der Waals surface area contributed by atoms with Gasteiger partial charge in [0.05, 0.1) is 12.3 Å². The Bertz CT molecular complexity index is 875. The molecule has 6 heteroatoms. The highest BCUT2D eigenvalue weighted by Gasteiger charge is 2.24. The molecular weight excluding hydrogens is 314 g/mol. The van der Waals surface area contributed by atoms with Crippen molar-refractivity contribution in [1.29, 1.82) is 0 Å². The van der Waals surface area contributed by atoms with Crippen LogP contribution in [0.15, 0.2) is 36.5 Å². The molecule has 1 aromatic carbocycles. The second-order valence-electron chi connectivity index (χ2n) is 6.47. The molecule has 0 bridgehead atoms. The van der Waals surface area contributed by atoms with Crippen LogP contribution in [0, 0.1) is 6.92 Å². The topological polar surface area (TPSA) is 66.1 Å². The Hall–Kier alpha value is -2.44. The minimum absolute atomic E-state index is 0.0152. The summed E-state index contributed by atoms with van der Waals surface area (Å²) in [7, 11) is 1.87. The number of nitrogens with one attached hydrogen (secondary N) is 2. The molecule has 25 heavy (non-hydrogen) atoms. The lowest BCUT2D eigenvalue weighted by Gasteiger charge is -2.32. The molecule has 1 saturated heterocycles. The lowest BCUT2D eigenvalue weighted by molar-refractivity contribution is -0.0350. The van der Waals surface area contributed by atoms with Crippen molar-refractivity contribution in [2.75, 3.05) is 32.1 Å². The maximum atomic E-state index is 5.98. The predicted molar refractivity (Wildman–Crippen MR) is 98.6 cm³/mol. The van der Waals surface area contributed by atoms with Crippen LogP contribution in [-0.2, 0) is 11.3 Å². The van der Waals surface area contributed by atoms with E-state index in [0.717, 1.165) is 43.6 Å². The van der Waals surface area contributed by atoms with Crippen molar-refractivity contribution in [3.63, 3.8) is 0 Å². The summed E-state index contributed by atoms with van der Waals surface area (Å²) in [6.45, 7) is 5.32. The van der Waals surface area contributed by atoms with E-state index in [9.17, 15) is 0 Å². The molecule has 0 radical (unpaired) electrons. The monoisotopic (exact) mass is 337 g/mol. The van der Waals surface area contributed by atoms with E-state index >= 15 is 0 Å². The second-order valence-corrected chi connectivity index (χ2v) is 6.47. The third-order valence-corrected chi connectivity index (χ3v) is 4.62.